The molecule has 1 N–H and O–H groups in total. The first-order chi connectivity index (χ1) is 10.4. The Morgan fingerprint density at radius 2 is 2.18 bits per heavy atom. The van der Waals surface area contributed by atoms with Crippen LogP contribution in [0.3, 0.4) is 0 Å². The van der Waals surface area contributed by atoms with E-state index in [1.54, 1.807) is 24.3 Å². The molecular formula is C15H16N2O3S2. The number of hydrogen-bond acceptors (Lipinski definition) is 5. The molecule has 0 aromatic carbocycles. The molecule has 0 radical (unpaired) electrons. The predicted octanol–water partition coefficient (Wildman–Crippen LogP) is 2.04. The molecule has 116 valence electrons. The van der Waals surface area contributed by atoms with Crippen molar-refractivity contribution in [2.75, 3.05) is 11.5 Å². The summed E-state index contributed by atoms with van der Waals surface area (Å²) in [4.78, 5) is 17.8. The number of thiophene rings is 1. The number of pyridine rings is 1. The average molecular weight is 336 g/mol. The van der Waals surface area contributed by atoms with E-state index in [0.29, 0.717) is 17.7 Å². The van der Waals surface area contributed by atoms with Crippen LogP contribution in [0.1, 0.15) is 22.5 Å². The van der Waals surface area contributed by atoms with Crippen LogP contribution >= 0.6 is 11.3 Å². The van der Waals surface area contributed by atoms with Crippen LogP contribution in [0.5, 0.6) is 0 Å². The summed E-state index contributed by atoms with van der Waals surface area (Å²) in [6, 6.07) is 7.21. The highest BCUT2D eigenvalue weighted by Crippen LogP contribution is 2.24. The maximum atomic E-state index is 12.3. The molecule has 1 aliphatic heterocycles. The van der Waals surface area contributed by atoms with Gasteiger partial charge >= 0.3 is 0 Å². The Labute approximate surface area is 133 Å². The third-order valence-corrected chi connectivity index (χ3v) is 6.33. The molecule has 1 saturated heterocycles. The molecule has 1 amide bonds. The summed E-state index contributed by atoms with van der Waals surface area (Å²) in [6.07, 6.45) is 0.480. The largest absolute Gasteiger partial charge is 0.348 e. The maximum absolute atomic E-state index is 12.3. The van der Waals surface area contributed by atoms with Gasteiger partial charge in [0.25, 0.3) is 5.91 Å². The number of sulfone groups is 1. The summed E-state index contributed by atoms with van der Waals surface area (Å²) >= 11 is 1.60. The molecule has 0 saturated carbocycles. The van der Waals surface area contributed by atoms with Crippen LogP contribution in [-0.4, -0.2) is 36.9 Å². The molecule has 3 rings (SSSR count). The summed E-state index contributed by atoms with van der Waals surface area (Å²) in [6.45, 7) is 1.79. The molecule has 1 aliphatic rings. The van der Waals surface area contributed by atoms with Gasteiger partial charge in [-0.25, -0.2) is 8.42 Å². The lowest BCUT2D eigenvalue weighted by atomic mass is 10.1. The number of nitrogens with one attached hydrogen (secondary N) is 1. The van der Waals surface area contributed by atoms with E-state index in [1.807, 2.05) is 23.6 Å². The quantitative estimate of drug-likeness (QED) is 0.930. The molecular weight excluding hydrogens is 320 g/mol. The van der Waals surface area contributed by atoms with Gasteiger partial charge in [0.05, 0.1) is 33.3 Å². The first-order valence-corrected chi connectivity index (χ1v) is 9.67. The first-order valence-electron chi connectivity index (χ1n) is 6.97. The number of hydrogen-bond donors (Lipinski definition) is 1. The van der Waals surface area contributed by atoms with Gasteiger partial charge in [0, 0.05) is 6.04 Å². The number of aryl methyl sites for hydroxylation is 1. The van der Waals surface area contributed by atoms with Gasteiger partial charge in [-0.2, -0.15) is 0 Å². The predicted molar refractivity (Wildman–Crippen MR) is 86.8 cm³/mol. The molecule has 0 spiro atoms. The normalized spacial score (nSPS) is 20.0. The van der Waals surface area contributed by atoms with Crippen LogP contribution in [-0.2, 0) is 9.84 Å². The van der Waals surface area contributed by atoms with Crippen molar-refractivity contribution in [1.82, 2.24) is 10.3 Å². The zero-order valence-electron chi connectivity index (χ0n) is 12.1. The van der Waals surface area contributed by atoms with E-state index >= 15 is 0 Å². The Bertz CT molecular complexity index is 798. The van der Waals surface area contributed by atoms with Crippen molar-refractivity contribution in [2.24, 2.45) is 0 Å². The average Bonchev–Trinajstić information content (AvgIpc) is 3.08. The van der Waals surface area contributed by atoms with Crippen LogP contribution < -0.4 is 5.32 Å². The van der Waals surface area contributed by atoms with Crippen molar-refractivity contribution in [3.8, 4) is 10.6 Å². The molecule has 0 bridgehead atoms. The topological polar surface area (TPSA) is 76.1 Å². The van der Waals surface area contributed by atoms with Gasteiger partial charge in [-0.15, -0.1) is 11.3 Å². The third kappa shape index (κ3) is 3.20. The van der Waals surface area contributed by atoms with Gasteiger partial charge < -0.3 is 5.32 Å². The zero-order chi connectivity index (χ0) is 15.7. The van der Waals surface area contributed by atoms with Gasteiger partial charge in [0.1, 0.15) is 0 Å². The van der Waals surface area contributed by atoms with Crippen molar-refractivity contribution in [3.63, 3.8) is 0 Å². The molecule has 2 aromatic rings. The van der Waals surface area contributed by atoms with Crippen molar-refractivity contribution in [3.05, 3.63) is 40.9 Å². The van der Waals surface area contributed by atoms with Gasteiger partial charge in [-0.05, 0) is 36.9 Å². The molecule has 2 aromatic heterocycles. The highest BCUT2D eigenvalue weighted by Gasteiger charge is 2.29. The van der Waals surface area contributed by atoms with E-state index in [9.17, 15) is 13.2 Å². The van der Waals surface area contributed by atoms with Crippen LogP contribution in [0.15, 0.2) is 29.6 Å². The van der Waals surface area contributed by atoms with Crippen molar-refractivity contribution in [2.45, 2.75) is 19.4 Å². The lowest BCUT2D eigenvalue weighted by Crippen LogP contribution is -2.36. The Hall–Kier alpha value is -1.73. The minimum Gasteiger partial charge on any atom is -0.348 e. The van der Waals surface area contributed by atoms with E-state index < -0.39 is 9.84 Å². The lowest BCUT2D eigenvalue weighted by Gasteiger charge is -2.12. The van der Waals surface area contributed by atoms with E-state index in [2.05, 4.69) is 10.3 Å². The van der Waals surface area contributed by atoms with Crippen molar-refractivity contribution >= 4 is 27.1 Å². The highest BCUT2D eigenvalue weighted by atomic mass is 32.2. The zero-order valence-corrected chi connectivity index (χ0v) is 13.7. The fraction of sp³-hybridized carbons (Fsp3) is 0.333. The van der Waals surface area contributed by atoms with Crippen LogP contribution in [0.4, 0.5) is 0 Å². The minimum absolute atomic E-state index is 0.0263. The number of aromatic nitrogens is 1. The van der Waals surface area contributed by atoms with Crippen LogP contribution in [0, 0.1) is 6.92 Å². The van der Waals surface area contributed by atoms with Crippen LogP contribution in [0.2, 0.25) is 0 Å². The number of amides is 1. The van der Waals surface area contributed by atoms with E-state index in [4.69, 9.17) is 0 Å². The third-order valence-electron chi connectivity index (χ3n) is 3.67. The smallest absolute Gasteiger partial charge is 0.253 e. The van der Waals surface area contributed by atoms with Gasteiger partial charge in [-0.3, -0.25) is 9.78 Å². The van der Waals surface area contributed by atoms with E-state index in [1.165, 1.54) is 0 Å². The first kappa shape index (κ1) is 15.2. The molecule has 1 fully saturated rings. The second-order valence-electron chi connectivity index (χ2n) is 5.38. The monoisotopic (exact) mass is 336 g/mol. The summed E-state index contributed by atoms with van der Waals surface area (Å²) in [7, 11) is -3.00. The van der Waals surface area contributed by atoms with E-state index in [0.717, 1.165) is 10.6 Å². The number of carbonyl (C=O) groups excluding carboxylic acids is 1. The van der Waals surface area contributed by atoms with Gasteiger partial charge in [0.2, 0.25) is 0 Å². The molecule has 1 unspecified atom stereocenters. The Kier molecular flexibility index (Phi) is 4.01. The van der Waals surface area contributed by atoms with Crippen LogP contribution in [0.25, 0.3) is 10.6 Å². The molecule has 22 heavy (non-hydrogen) atoms. The van der Waals surface area contributed by atoms with Crippen molar-refractivity contribution < 1.29 is 13.2 Å². The molecule has 0 aliphatic carbocycles. The van der Waals surface area contributed by atoms with E-state index in [-0.39, 0.29) is 23.5 Å². The second-order valence-corrected chi connectivity index (χ2v) is 8.56. The molecule has 1 atom stereocenters. The maximum Gasteiger partial charge on any atom is 0.253 e. The van der Waals surface area contributed by atoms with Gasteiger partial charge in [-0.1, -0.05) is 6.07 Å². The van der Waals surface area contributed by atoms with Crippen molar-refractivity contribution in [1.29, 1.82) is 0 Å². The Morgan fingerprint density at radius 3 is 2.77 bits per heavy atom. The van der Waals surface area contributed by atoms with Gasteiger partial charge in [0.15, 0.2) is 9.84 Å². The standard InChI is InChI=1S/C15H16N2O3S2/c1-10-12(4-5-13(16-10)14-3-2-7-21-14)15(18)17-11-6-8-22(19,20)9-11/h2-5,7,11H,6,8-9H2,1H3,(H,17,18). The Morgan fingerprint density at radius 1 is 1.36 bits per heavy atom. The number of rotatable bonds is 3. The molecule has 5 nitrogen and oxygen atoms in total. The fourth-order valence-electron chi connectivity index (χ4n) is 2.53. The molecule has 3 heterocycles. The summed E-state index contributed by atoms with van der Waals surface area (Å²) in [5.74, 6) is -0.0878. The fourth-order valence-corrected chi connectivity index (χ4v) is 4.90. The number of nitrogens with zero attached hydrogens (tertiary/aromatic N) is 1. The second kappa shape index (κ2) is 5.81. The molecule has 7 heteroatoms. The summed E-state index contributed by atoms with van der Waals surface area (Å²) in [5, 5.41) is 4.77. The minimum atomic E-state index is -3.00. The highest BCUT2D eigenvalue weighted by molar-refractivity contribution is 7.91. The summed E-state index contributed by atoms with van der Waals surface area (Å²) in [5.41, 5.74) is 1.97. The number of carbonyl (C=O) groups is 1. The SMILES string of the molecule is Cc1nc(-c2cccs2)ccc1C(=O)NC1CCS(=O)(=O)C1. The summed E-state index contributed by atoms with van der Waals surface area (Å²) < 4.78 is 22.9. The lowest BCUT2D eigenvalue weighted by molar-refractivity contribution is 0.0940. The Balaban J connectivity index is 1.76.